The number of carbonyl (C=O) groups is 1. The van der Waals surface area contributed by atoms with Crippen molar-refractivity contribution in [2.45, 2.75) is 25.0 Å². The zero-order valence-corrected chi connectivity index (χ0v) is 10.2. The molecule has 0 radical (unpaired) electrons. The Bertz CT molecular complexity index is 497. The van der Waals surface area contributed by atoms with Crippen molar-refractivity contribution in [1.29, 1.82) is 0 Å². The van der Waals surface area contributed by atoms with Gasteiger partial charge >= 0.3 is 0 Å². The number of fused-ring (bicyclic) bond motifs is 1. The quantitative estimate of drug-likeness (QED) is 0.803. The van der Waals surface area contributed by atoms with Crippen LogP contribution in [0.15, 0.2) is 36.9 Å². The summed E-state index contributed by atoms with van der Waals surface area (Å²) >= 11 is 0. The van der Waals surface area contributed by atoms with Crippen LogP contribution in [0, 0.1) is 5.92 Å². The van der Waals surface area contributed by atoms with Gasteiger partial charge in [-0.3, -0.25) is 4.79 Å². The molecular formula is C15H17NO2. The predicted octanol–water partition coefficient (Wildman–Crippen LogP) is 1.68. The number of likely N-dealkylation sites (tertiary alicyclic amines) is 1. The van der Waals surface area contributed by atoms with Crippen LogP contribution < -0.4 is 0 Å². The first-order valence-corrected chi connectivity index (χ1v) is 6.38. The molecule has 1 aliphatic heterocycles. The Morgan fingerprint density at radius 2 is 2.11 bits per heavy atom. The number of amides is 1. The third-order valence-electron chi connectivity index (χ3n) is 4.02. The molecule has 1 heterocycles. The molecule has 3 atom stereocenters. The highest BCUT2D eigenvalue weighted by Crippen LogP contribution is 2.39. The van der Waals surface area contributed by atoms with Gasteiger partial charge in [0, 0.05) is 25.3 Å². The van der Waals surface area contributed by atoms with Crippen LogP contribution in [-0.4, -0.2) is 28.6 Å². The number of rotatable bonds is 2. The van der Waals surface area contributed by atoms with Crippen molar-refractivity contribution < 1.29 is 9.90 Å². The second kappa shape index (κ2) is 4.25. The molecule has 1 amide bonds. The Morgan fingerprint density at radius 3 is 2.83 bits per heavy atom. The van der Waals surface area contributed by atoms with E-state index in [1.54, 1.807) is 0 Å². The number of aliphatic hydroxyl groups is 1. The lowest BCUT2D eigenvalue weighted by molar-refractivity contribution is -0.131. The van der Waals surface area contributed by atoms with Gasteiger partial charge in [-0.25, -0.2) is 0 Å². The van der Waals surface area contributed by atoms with Crippen molar-refractivity contribution in [3.8, 4) is 0 Å². The second-order valence-corrected chi connectivity index (χ2v) is 5.16. The summed E-state index contributed by atoms with van der Waals surface area (Å²) in [7, 11) is 0. The summed E-state index contributed by atoms with van der Waals surface area (Å²) < 4.78 is 0. The molecular weight excluding hydrogens is 226 g/mol. The average Bonchev–Trinajstić information content (AvgIpc) is 2.88. The van der Waals surface area contributed by atoms with Crippen molar-refractivity contribution in [2.24, 2.45) is 5.92 Å². The van der Waals surface area contributed by atoms with Crippen LogP contribution in [0.5, 0.6) is 0 Å². The number of carbonyl (C=O) groups excluding carboxylic acids is 1. The molecule has 0 bridgehead atoms. The van der Waals surface area contributed by atoms with Crippen molar-refractivity contribution in [3.05, 3.63) is 48.0 Å². The van der Waals surface area contributed by atoms with Gasteiger partial charge in [0.25, 0.3) is 0 Å². The van der Waals surface area contributed by atoms with Crippen LogP contribution >= 0.6 is 0 Å². The summed E-state index contributed by atoms with van der Waals surface area (Å²) in [6.45, 7) is 4.44. The zero-order chi connectivity index (χ0) is 12.7. The lowest BCUT2D eigenvalue weighted by Gasteiger charge is -2.28. The van der Waals surface area contributed by atoms with E-state index in [4.69, 9.17) is 0 Å². The fourth-order valence-corrected chi connectivity index (χ4v) is 3.12. The molecule has 0 saturated carbocycles. The van der Waals surface area contributed by atoms with Gasteiger partial charge in [0.2, 0.25) is 5.91 Å². The zero-order valence-electron chi connectivity index (χ0n) is 10.2. The maximum Gasteiger partial charge on any atom is 0.223 e. The highest BCUT2D eigenvalue weighted by Gasteiger charge is 2.41. The molecule has 1 aliphatic carbocycles. The maximum atomic E-state index is 12.1. The topological polar surface area (TPSA) is 40.5 Å². The third kappa shape index (κ3) is 1.66. The smallest absolute Gasteiger partial charge is 0.223 e. The summed E-state index contributed by atoms with van der Waals surface area (Å²) in [5.41, 5.74) is 2.26. The molecule has 2 aliphatic rings. The molecule has 94 valence electrons. The monoisotopic (exact) mass is 243 g/mol. The van der Waals surface area contributed by atoms with E-state index in [0.717, 1.165) is 11.1 Å². The molecule has 1 saturated heterocycles. The maximum absolute atomic E-state index is 12.1. The van der Waals surface area contributed by atoms with Crippen LogP contribution in [0.4, 0.5) is 0 Å². The van der Waals surface area contributed by atoms with Gasteiger partial charge in [0.1, 0.15) is 0 Å². The Kier molecular flexibility index (Phi) is 2.71. The number of hydrogen-bond acceptors (Lipinski definition) is 2. The molecule has 1 unspecified atom stereocenters. The van der Waals surface area contributed by atoms with Gasteiger partial charge in [-0.1, -0.05) is 30.3 Å². The summed E-state index contributed by atoms with van der Waals surface area (Å²) in [6.07, 6.45) is 2.53. The van der Waals surface area contributed by atoms with Crippen molar-refractivity contribution >= 4 is 5.91 Å². The molecule has 18 heavy (non-hydrogen) atoms. The summed E-state index contributed by atoms with van der Waals surface area (Å²) in [5, 5.41) is 10.2. The van der Waals surface area contributed by atoms with Gasteiger partial charge in [-0.15, -0.1) is 6.58 Å². The van der Waals surface area contributed by atoms with Crippen LogP contribution in [0.1, 0.15) is 23.6 Å². The van der Waals surface area contributed by atoms with E-state index in [-0.39, 0.29) is 17.9 Å². The first-order valence-electron chi connectivity index (χ1n) is 6.38. The summed E-state index contributed by atoms with van der Waals surface area (Å²) in [5.74, 6) is 0.345. The number of hydrogen-bond donors (Lipinski definition) is 1. The molecule has 0 aromatic heterocycles. The Labute approximate surface area is 107 Å². The summed E-state index contributed by atoms with van der Waals surface area (Å²) in [4.78, 5) is 13.9. The van der Waals surface area contributed by atoms with Gasteiger partial charge < -0.3 is 10.0 Å². The molecule has 1 fully saturated rings. The molecule has 1 N–H and O–H groups in total. The Morgan fingerprint density at radius 1 is 1.33 bits per heavy atom. The number of benzene rings is 1. The lowest BCUT2D eigenvalue weighted by atomic mass is 10.1. The SMILES string of the molecule is C=CC1CC(=O)N([C@@H]2c3ccccc3C[C@@H]2O)C1. The highest BCUT2D eigenvalue weighted by atomic mass is 16.3. The van der Waals surface area contributed by atoms with Gasteiger partial charge in [-0.05, 0) is 11.1 Å². The molecule has 1 aromatic rings. The first kappa shape index (κ1) is 11.5. The van der Waals surface area contributed by atoms with Gasteiger partial charge in [0.15, 0.2) is 0 Å². The van der Waals surface area contributed by atoms with E-state index in [1.165, 1.54) is 0 Å². The molecule has 3 rings (SSSR count). The standard InChI is InChI=1S/C15H17NO2/c1-2-10-7-14(18)16(9-10)15-12-6-4-3-5-11(12)8-13(15)17/h2-6,10,13,15,17H,1,7-9H2/t10?,13-,15+/m0/s1. The fraction of sp³-hybridized carbons (Fsp3) is 0.400. The molecule has 3 nitrogen and oxygen atoms in total. The third-order valence-corrected chi connectivity index (χ3v) is 4.02. The minimum absolute atomic E-state index is 0.126. The largest absolute Gasteiger partial charge is 0.390 e. The van der Waals surface area contributed by atoms with Crippen LogP contribution in [0.3, 0.4) is 0 Å². The van der Waals surface area contributed by atoms with E-state index in [1.807, 2.05) is 35.2 Å². The van der Waals surface area contributed by atoms with Crippen molar-refractivity contribution in [3.63, 3.8) is 0 Å². The van der Waals surface area contributed by atoms with Crippen LogP contribution in [0.2, 0.25) is 0 Å². The van der Waals surface area contributed by atoms with Gasteiger partial charge in [0.05, 0.1) is 12.1 Å². The molecule has 1 aromatic carbocycles. The van der Waals surface area contributed by atoms with E-state index < -0.39 is 6.10 Å². The lowest BCUT2D eigenvalue weighted by Crippen LogP contribution is -2.35. The van der Waals surface area contributed by atoms with Crippen molar-refractivity contribution in [1.82, 2.24) is 4.90 Å². The van der Waals surface area contributed by atoms with Crippen LogP contribution in [0.25, 0.3) is 0 Å². The van der Waals surface area contributed by atoms with E-state index >= 15 is 0 Å². The fourth-order valence-electron chi connectivity index (χ4n) is 3.12. The van der Waals surface area contributed by atoms with Crippen molar-refractivity contribution in [2.75, 3.05) is 6.54 Å². The van der Waals surface area contributed by atoms with Gasteiger partial charge in [-0.2, -0.15) is 0 Å². The second-order valence-electron chi connectivity index (χ2n) is 5.16. The highest BCUT2D eigenvalue weighted by molar-refractivity contribution is 5.79. The van der Waals surface area contributed by atoms with E-state index in [9.17, 15) is 9.90 Å². The number of aliphatic hydroxyl groups excluding tert-OH is 1. The average molecular weight is 243 g/mol. The minimum atomic E-state index is -0.477. The number of nitrogens with zero attached hydrogens (tertiary/aromatic N) is 1. The Balaban J connectivity index is 1.93. The predicted molar refractivity (Wildman–Crippen MR) is 68.9 cm³/mol. The molecule has 0 spiro atoms. The summed E-state index contributed by atoms with van der Waals surface area (Å²) in [6, 6.07) is 7.83. The first-order chi connectivity index (χ1) is 8.70. The molecule has 3 heteroatoms. The van der Waals surface area contributed by atoms with E-state index in [0.29, 0.717) is 19.4 Å². The normalized spacial score (nSPS) is 30.6. The Hall–Kier alpha value is -1.61. The van der Waals surface area contributed by atoms with E-state index in [2.05, 4.69) is 6.58 Å². The van der Waals surface area contributed by atoms with Crippen LogP contribution in [-0.2, 0) is 11.2 Å². The minimum Gasteiger partial charge on any atom is -0.390 e.